The predicted octanol–water partition coefficient (Wildman–Crippen LogP) is 3.48. The number of Topliss-reactive ketones (excluding diaryl/α,β-unsaturated/α-hetero) is 1. The molecular weight excluding hydrogens is 378 g/mol. The summed E-state index contributed by atoms with van der Waals surface area (Å²) in [4.78, 5) is 30.6. The number of carbonyl (C=O) groups excluding carboxylic acids is 2. The Labute approximate surface area is 167 Å². The maximum absolute atomic E-state index is 13.1. The van der Waals surface area contributed by atoms with Crippen LogP contribution in [0.4, 0.5) is 5.13 Å². The lowest BCUT2D eigenvalue weighted by Gasteiger charge is -2.22. The summed E-state index contributed by atoms with van der Waals surface area (Å²) in [7, 11) is 0. The van der Waals surface area contributed by atoms with Crippen molar-refractivity contribution in [2.75, 3.05) is 25.1 Å². The van der Waals surface area contributed by atoms with Crippen molar-refractivity contribution in [3.8, 4) is 11.5 Å². The SMILES string of the molecule is O=C(CC1CCCCN1)Nc1nc(-c2ccco2)c(C(=O)C2CCOCC2)s1. The lowest BCUT2D eigenvalue weighted by molar-refractivity contribution is -0.116. The van der Waals surface area contributed by atoms with Crippen LogP contribution in [0.3, 0.4) is 0 Å². The Bertz CT molecular complexity index is 806. The summed E-state index contributed by atoms with van der Waals surface area (Å²) in [6.07, 6.45) is 6.72. The zero-order valence-corrected chi connectivity index (χ0v) is 16.6. The van der Waals surface area contributed by atoms with Gasteiger partial charge in [0, 0.05) is 31.6 Å². The third-order valence-corrected chi connectivity index (χ3v) is 6.27. The number of furan rings is 1. The Kier molecular flexibility index (Phi) is 6.19. The molecule has 8 heteroatoms. The van der Waals surface area contributed by atoms with Gasteiger partial charge < -0.3 is 19.8 Å². The number of carbonyl (C=O) groups is 2. The van der Waals surface area contributed by atoms with Gasteiger partial charge in [0.1, 0.15) is 10.6 Å². The first-order chi connectivity index (χ1) is 13.7. The van der Waals surface area contributed by atoms with Crippen LogP contribution in [0.25, 0.3) is 11.5 Å². The average molecular weight is 404 g/mol. The molecule has 1 atom stereocenters. The molecule has 1 amide bonds. The maximum Gasteiger partial charge on any atom is 0.227 e. The topological polar surface area (TPSA) is 93.5 Å². The molecule has 2 saturated heterocycles. The largest absolute Gasteiger partial charge is 0.463 e. The number of nitrogens with one attached hydrogen (secondary N) is 2. The fourth-order valence-corrected chi connectivity index (χ4v) is 4.76. The number of hydrogen-bond acceptors (Lipinski definition) is 7. The van der Waals surface area contributed by atoms with Crippen LogP contribution < -0.4 is 10.6 Å². The molecular formula is C20H25N3O4S. The highest BCUT2D eigenvalue weighted by Crippen LogP contribution is 2.35. The summed E-state index contributed by atoms with van der Waals surface area (Å²) in [5, 5.41) is 6.70. The highest BCUT2D eigenvalue weighted by molar-refractivity contribution is 7.18. The monoisotopic (exact) mass is 403 g/mol. The molecule has 28 heavy (non-hydrogen) atoms. The van der Waals surface area contributed by atoms with Crippen molar-refractivity contribution in [2.45, 2.75) is 44.6 Å². The van der Waals surface area contributed by atoms with Gasteiger partial charge in [0.2, 0.25) is 5.91 Å². The van der Waals surface area contributed by atoms with Gasteiger partial charge in [-0.1, -0.05) is 17.8 Å². The predicted molar refractivity (Wildman–Crippen MR) is 107 cm³/mol. The first-order valence-electron chi connectivity index (χ1n) is 9.90. The van der Waals surface area contributed by atoms with Gasteiger partial charge in [-0.2, -0.15) is 0 Å². The molecule has 2 aliphatic rings. The number of amides is 1. The molecule has 0 radical (unpaired) electrons. The smallest absolute Gasteiger partial charge is 0.227 e. The van der Waals surface area contributed by atoms with E-state index in [1.165, 1.54) is 11.3 Å². The molecule has 2 N–H and O–H groups in total. The number of ether oxygens (including phenoxy) is 1. The van der Waals surface area contributed by atoms with Crippen molar-refractivity contribution < 1.29 is 18.7 Å². The lowest BCUT2D eigenvalue weighted by Crippen LogP contribution is -2.36. The van der Waals surface area contributed by atoms with Gasteiger partial charge in [-0.25, -0.2) is 4.98 Å². The van der Waals surface area contributed by atoms with Gasteiger partial charge in [0.15, 0.2) is 16.7 Å². The molecule has 0 aromatic carbocycles. The third kappa shape index (κ3) is 4.51. The van der Waals surface area contributed by atoms with Gasteiger partial charge in [-0.15, -0.1) is 0 Å². The Morgan fingerprint density at radius 2 is 2.11 bits per heavy atom. The second kappa shape index (κ2) is 8.98. The first kappa shape index (κ1) is 19.3. The molecule has 0 bridgehead atoms. The fourth-order valence-electron chi connectivity index (χ4n) is 3.76. The van der Waals surface area contributed by atoms with E-state index in [0.29, 0.717) is 53.9 Å². The van der Waals surface area contributed by atoms with Crippen molar-refractivity contribution in [2.24, 2.45) is 5.92 Å². The van der Waals surface area contributed by atoms with Gasteiger partial charge >= 0.3 is 0 Å². The molecule has 4 heterocycles. The van der Waals surface area contributed by atoms with Gasteiger partial charge in [0.05, 0.1) is 6.26 Å². The van der Waals surface area contributed by atoms with Crippen molar-refractivity contribution in [3.63, 3.8) is 0 Å². The number of piperidine rings is 1. The minimum Gasteiger partial charge on any atom is -0.463 e. The van der Waals surface area contributed by atoms with E-state index in [0.717, 1.165) is 25.8 Å². The Balaban J connectivity index is 1.51. The fraction of sp³-hybridized carbons (Fsp3) is 0.550. The van der Waals surface area contributed by atoms with Gasteiger partial charge in [0.25, 0.3) is 0 Å². The number of ketones is 1. The van der Waals surface area contributed by atoms with Crippen LogP contribution in [0.1, 0.15) is 48.2 Å². The van der Waals surface area contributed by atoms with E-state index in [2.05, 4.69) is 15.6 Å². The average Bonchev–Trinajstić information content (AvgIpc) is 3.38. The minimum absolute atomic E-state index is 0.0571. The van der Waals surface area contributed by atoms with Crippen molar-refractivity contribution in [3.05, 3.63) is 23.3 Å². The number of aromatic nitrogens is 1. The zero-order valence-electron chi connectivity index (χ0n) is 15.7. The molecule has 7 nitrogen and oxygen atoms in total. The Morgan fingerprint density at radius 3 is 2.82 bits per heavy atom. The second-order valence-electron chi connectivity index (χ2n) is 7.32. The molecule has 0 aliphatic carbocycles. The lowest BCUT2D eigenvalue weighted by atomic mass is 9.94. The molecule has 0 spiro atoms. The van der Waals surface area contributed by atoms with Crippen LogP contribution in [-0.2, 0) is 9.53 Å². The normalized spacial score (nSPS) is 20.8. The van der Waals surface area contributed by atoms with Crippen LogP contribution in [0.2, 0.25) is 0 Å². The van der Waals surface area contributed by atoms with Crippen LogP contribution >= 0.6 is 11.3 Å². The van der Waals surface area contributed by atoms with Crippen LogP contribution in [-0.4, -0.2) is 42.5 Å². The maximum atomic E-state index is 13.1. The molecule has 1 unspecified atom stereocenters. The van der Waals surface area contributed by atoms with E-state index in [1.54, 1.807) is 18.4 Å². The summed E-state index contributed by atoms with van der Waals surface area (Å²) < 4.78 is 10.9. The Hall–Kier alpha value is -2.03. The van der Waals surface area contributed by atoms with Crippen LogP contribution in [0, 0.1) is 5.92 Å². The summed E-state index contributed by atoms with van der Waals surface area (Å²) in [5.41, 5.74) is 0.512. The van der Waals surface area contributed by atoms with E-state index in [-0.39, 0.29) is 23.7 Å². The number of anilines is 1. The highest BCUT2D eigenvalue weighted by atomic mass is 32.1. The molecule has 0 saturated carbocycles. The van der Waals surface area contributed by atoms with E-state index in [4.69, 9.17) is 9.15 Å². The minimum atomic E-state index is -0.0794. The molecule has 2 aliphatic heterocycles. The van der Waals surface area contributed by atoms with Crippen LogP contribution in [0.15, 0.2) is 22.8 Å². The number of hydrogen-bond donors (Lipinski definition) is 2. The van der Waals surface area contributed by atoms with Gasteiger partial charge in [-0.05, 0) is 44.4 Å². The van der Waals surface area contributed by atoms with Gasteiger partial charge in [-0.3, -0.25) is 9.59 Å². The number of rotatable bonds is 6. The summed E-state index contributed by atoms with van der Waals surface area (Å²) in [5.74, 6) is 0.449. The van der Waals surface area contributed by atoms with Crippen LogP contribution in [0.5, 0.6) is 0 Å². The summed E-state index contributed by atoms with van der Waals surface area (Å²) >= 11 is 1.24. The molecule has 150 valence electrons. The first-order valence-corrected chi connectivity index (χ1v) is 10.7. The summed E-state index contributed by atoms with van der Waals surface area (Å²) in [6, 6.07) is 3.76. The third-order valence-electron chi connectivity index (χ3n) is 5.29. The number of nitrogens with zero attached hydrogens (tertiary/aromatic N) is 1. The van der Waals surface area contributed by atoms with E-state index in [1.807, 2.05) is 0 Å². The Morgan fingerprint density at radius 1 is 1.25 bits per heavy atom. The molecule has 4 rings (SSSR count). The van der Waals surface area contributed by atoms with Crippen molar-refractivity contribution >= 4 is 28.2 Å². The molecule has 2 aromatic heterocycles. The zero-order chi connectivity index (χ0) is 19.3. The highest BCUT2D eigenvalue weighted by Gasteiger charge is 2.29. The molecule has 2 aromatic rings. The standard InChI is InChI=1S/C20H25N3O4S/c24-16(12-14-4-1-2-8-21-14)22-20-23-17(15-5-3-9-27-15)19(28-20)18(25)13-6-10-26-11-7-13/h3,5,9,13-14,21H,1-2,4,6-8,10-12H2,(H,22,23,24). The van der Waals surface area contributed by atoms with E-state index in [9.17, 15) is 9.59 Å². The summed E-state index contributed by atoms with van der Waals surface area (Å²) in [6.45, 7) is 2.16. The second-order valence-corrected chi connectivity index (χ2v) is 8.32. The van der Waals surface area contributed by atoms with E-state index >= 15 is 0 Å². The quantitative estimate of drug-likeness (QED) is 0.717. The van der Waals surface area contributed by atoms with E-state index < -0.39 is 0 Å². The number of thiazole rings is 1. The molecule has 2 fully saturated rings. The van der Waals surface area contributed by atoms with Crippen molar-refractivity contribution in [1.29, 1.82) is 0 Å². The van der Waals surface area contributed by atoms with Crippen molar-refractivity contribution in [1.82, 2.24) is 10.3 Å².